The van der Waals surface area contributed by atoms with E-state index in [1.165, 1.54) is 5.56 Å². The molecule has 1 N–H and O–H groups in total. The van der Waals surface area contributed by atoms with E-state index in [2.05, 4.69) is 56.8 Å². The van der Waals surface area contributed by atoms with E-state index in [9.17, 15) is 0 Å². The number of nitrogens with one attached hydrogen (secondary N) is 1. The zero-order chi connectivity index (χ0) is 16.0. The zero-order valence-electron chi connectivity index (χ0n) is 14.7. The summed E-state index contributed by atoms with van der Waals surface area (Å²) in [6.45, 7) is 14.9. The molecule has 1 heterocycles. The molecule has 0 bridgehead atoms. The lowest BCUT2D eigenvalue weighted by molar-refractivity contribution is 0.0571. The van der Waals surface area contributed by atoms with Crippen molar-refractivity contribution >= 4 is 0 Å². The summed E-state index contributed by atoms with van der Waals surface area (Å²) in [5, 5.41) is 3.47. The number of rotatable bonds is 8. The van der Waals surface area contributed by atoms with Crippen LogP contribution in [0.15, 0.2) is 0 Å². The van der Waals surface area contributed by atoms with Gasteiger partial charge in [0.2, 0.25) is 0 Å². The Morgan fingerprint density at radius 2 is 1.62 bits per heavy atom. The van der Waals surface area contributed by atoms with Gasteiger partial charge in [0, 0.05) is 18.5 Å². The predicted molar refractivity (Wildman–Crippen MR) is 87.5 cm³/mol. The van der Waals surface area contributed by atoms with Gasteiger partial charge >= 0.3 is 0 Å². The lowest BCUT2D eigenvalue weighted by Crippen LogP contribution is -2.23. The topological polar surface area (TPSA) is 47.0 Å². The van der Waals surface area contributed by atoms with Gasteiger partial charge in [-0.05, 0) is 50.8 Å². The molecule has 0 aliphatic carbocycles. The summed E-state index contributed by atoms with van der Waals surface area (Å²) >= 11 is 0. The van der Waals surface area contributed by atoms with Gasteiger partial charge in [-0.1, -0.05) is 27.7 Å². The fourth-order valence-electron chi connectivity index (χ4n) is 2.53. The molecule has 0 aliphatic rings. The molecule has 21 heavy (non-hydrogen) atoms. The fraction of sp³-hybridized carbons (Fsp3) is 0.765. The van der Waals surface area contributed by atoms with E-state index >= 15 is 0 Å². The molecular weight excluding hydrogens is 262 g/mol. The van der Waals surface area contributed by atoms with E-state index in [0.29, 0.717) is 11.8 Å². The minimum absolute atomic E-state index is 0.0319. The number of hydrogen-bond donors (Lipinski definition) is 1. The molecule has 1 atom stereocenters. The van der Waals surface area contributed by atoms with E-state index in [0.717, 1.165) is 36.7 Å². The third-order valence-corrected chi connectivity index (χ3v) is 3.66. The molecule has 0 saturated carbocycles. The third kappa shape index (κ3) is 5.36. The molecule has 4 heteroatoms. The number of nitrogens with zero attached hydrogens (tertiary/aromatic N) is 2. The standard InChI is InChI=1S/C17H31N3O/c1-11(2)10-18-9-8-15-13(5)19-17(20-14(15)6)16(21-7)12(3)4/h11-12,16,18H,8-10H2,1-7H3. The van der Waals surface area contributed by atoms with Gasteiger partial charge in [-0.25, -0.2) is 9.97 Å². The average Bonchev–Trinajstić information content (AvgIpc) is 2.37. The molecule has 1 aromatic rings. The summed E-state index contributed by atoms with van der Waals surface area (Å²) in [6.07, 6.45) is 0.944. The first kappa shape index (κ1) is 18.1. The lowest BCUT2D eigenvalue weighted by Gasteiger charge is -2.20. The van der Waals surface area contributed by atoms with Crippen LogP contribution < -0.4 is 5.32 Å². The Bertz CT molecular complexity index is 421. The van der Waals surface area contributed by atoms with Crippen molar-refractivity contribution in [2.45, 2.75) is 54.1 Å². The van der Waals surface area contributed by atoms with Crippen molar-refractivity contribution in [1.29, 1.82) is 0 Å². The highest BCUT2D eigenvalue weighted by Crippen LogP contribution is 2.23. The van der Waals surface area contributed by atoms with Gasteiger partial charge in [-0.2, -0.15) is 0 Å². The predicted octanol–water partition coefficient (Wildman–Crippen LogP) is 3.23. The van der Waals surface area contributed by atoms with Gasteiger partial charge in [0.05, 0.1) is 0 Å². The maximum Gasteiger partial charge on any atom is 0.157 e. The normalized spacial score (nSPS) is 13.2. The van der Waals surface area contributed by atoms with Crippen LogP contribution in [-0.2, 0) is 11.2 Å². The van der Waals surface area contributed by atoms with Crippen molar-refractivity contribution in [2.75, 3.05) is 20.2 Å². The Labute approximate surface area is 129 Å². The first-order valence-corrected chi connectivity index (χ1v) is 7.94. The molecule has 0 aromatic carbocycles. The summed E-state index contributed by atoms with van der Waals surface area (Å²) in [4.78, 5) is 9.35. The van der Waals surface area contributed by atoms with Gasteiger partial charge < -0.3 is 10.1 Å². The molecule has 0 amide bonds. The molecule has 1 unspecified atom stereocenters. The second kappa shape index (κ2) is 8.44. The Morgan fingerprint density at radius 3 is 2.05 bits per heavy atom. The van der Waals surface area contributed by atoms with Gasteiger partial charge in [0.25, 0.3) is 0 Å². The number of aryl methyl sites for hydroxylation is 2. The Kier molecular flexibility index (Phi) is 7.26. The van der Waals surface area contributed by atoms with Gasteiger partial charge in [0.15, 0.2) is 5.82 Å². The van der Waals surface area contributed by atoms with E-state index in [4.69, 9.17) is 4.74 Å². The van der Waals surface area contributed by atoms with Crippen molar-refractivity contribution in [3.05, 3.63) is 22.8 Å². The first-order chi connectivity index (χ1) is 9.86. The summed E-state index contributed by atoms with van der Waals surface area (Å²) in [7, 11) is 1.72. The molecule has 1 aromatic heterocycles. The lowest BCUT2D eigenvalue weighted by atomic mass is 10.0. The highest BCUT2D eigenvalue weighted by atomic mass is 16.5. The number of hydrogen-bond acceptors (Lipinski definition) is 4. The third-order valence-electron chi connectivity index (χ3n) is 3.66. The average molecular weight is 293 g/mol. The van der Waals surface area contributed by atoms with Crippen LogP contribution in [0.25, 0.3) is 0 Å². The maximum absolute atomic E-state index is 5.54. The molecule has 0 aliphatic heterocycles. The van der Waals surface area contributed by atoms with Crippen molar-refractivity contribution in [3.63, 3.8) is 0 Å². The van der Waals surface area contributed by atoms with Crippen molar-refractivity contribution in [1.82, 2.24) is 15.3 Å². The van der Waals surface area contributed by atoms with E-state index in [1.807, 2.05) is 0 Å². The maximum atomic E-state index is 5.54. The smallest absolute Gasteiger partial charge is 0.157 e. The van der Waals surface area contributed by atoms with E-state index < -0.39 is 0 Å². The van der Waals surface area contributed by atoms with E-state index in [-0.39, 0.29) is 6.10 Å². The summed E-state index contributed by atoms with van der Waals surface area (Å²) in [6, 6.07) is 0. The summed E-state index contributed by atoms with van der Waals surface area (Å²) in [5.74, 6) is 1.85. The monoisotopic (exact) mass is 293 g/mol. The van der Waals surface area contributed by atoms with Gasteiger partial charge in [-0.3, -0.25) is 0 Å². The van der Waals surface area contributed by atoms with Crippen molar-refractivity contribution < 1.29 is 4.74 Å². The second-order valence-corrected chi connectivity index (χ2v) is 6.48. The van der Waals surface area contributed by atoms with Crippen LogP contribution in [0, 0.1) is 25.7 Å². The Morgan fingerprint density at radius 1 is 1.05 bits per heavy atom. The molecule has 1 rings (SSSR count). The van der Waals surface area contributed by atoms with Gasteiger partial charge in [-0.15, -0.1) is 0 Å². The second-order valence-electron chi connectivity index (χ2n) is 6.48. The van der Waals surface area contributed by atoms with Crippen molar-refractivity contribution in [2.24, 2.45) is 11.8 Å². The number of methoxy groups -OCH3 is 1. The number of ether oxygens (including phenoxy) is 1. The molecule has 0 saturated heterocycles. The molecule has 120 valence electrons. The minimum Gasteiger partial charge on any atom is -0.373 e. The molecule has 4 nitrogen and oxygen atoms in total. The fourth-order valence-corrected chi connectivity index (χ4v) is 2.53. The Hall–Kier alpha value is -1.00. The molecule has 0 fully saturated rings. The van der Waals surface area contributed by atoms with Crippen LogP contribution in [0.3, 0.4) is 0 Å². The molecule has 0 radical (unpaired) electrons. The minimum atomic E-state index is -0.0319. The van der Waals surface area contributed by atoms with Crippen LogP contribution in [0.5, 0.6) is 0 Å². The summed E-state index contributed by atoms with van der Waals surface area (Å²) < 4.78 is 5.54. The van der Waals surface area contributed by atoms with Crippen LogP contribution in [0.4, 0.5) is 0 Å². The first-order valence-electron chi connectivity index (χ1n) is 7.94. The largest absolute Gasteiger partial charge is 0.373 e. The quantitative estimate of drug-likeness (QED) is 0.748. The Balaban J connectivity index is 2.80. The van der Waals surface area contributed by atoms with Crippen LogP contribution in [0.2, 0.25) is 0 Å². The van der Waals surface area contributed by atoms with Crippen molar-refractivity contribution in [3.8, 4) is 0 Å². The SMILES string of the molecule is COC(c1nc(C)c(CCNCC(C)C)c(C)n1)C(C)C. The van der Waals surface area contributed by atoms with Crippen LogP contribution in [-0.4, -0.2) is 30.2 Å². The summed E-state index contributed by atoms with van der Waals surface area (Å²) in [5.41, 5.74) is 3.41. The van der Waals surface area contributed by atoms with Crippen LogP contribution in [0.1, 0.15) is 56.6 Å². The highest BCUT2D eigenvalue weighted by molar-refractivity contribution is 5.25. The van der Waals surface area contributed by atoms with Gasteiger partial charge in [0.1, 0.15) is 6.10 Å². The molecule has 0 spiro atoms. The number of aromatic nitrogens is 2. The zero-order valence-corrected chi connectivity index (χ0v) is 14.7. The molecular formula is C17H31N3O. The van der Waals surface area contributed by atoms with E-state index in [1.54, 1.807) is 7.11 Å². The van der Waals surface area contributed by atoms with Crippen LogP contribution >= 0.6 is 0 Å². The highest BCUT2D eigenvalue weighted by Gasteiger charge is 2.20.